The third-order valence-corrected chi connectivity index (χ3v) is 4.82. The average molecular weight is 387 g/mol. The number of aromatic amines is 1. The van der Waals surface area contributed by atoms with Gasteiger partial charge in [-0.15, -0.1) is 0 Å². The van der Waals surface area contributed by atoms with Gasteiger partial charge in [-0.2, -0.15) is 0 Å². The van der Waals surface area contributed by atoms with Crippen molar-refractivity contribution in [2.24, 2.45) is 0 Å². The molecule has 0 saturated carbocycles. The largest absolute Gasteiger partial charge is 0.484 e. The molecule has 0 unspecified atom stereocenters. The monoisotopic (exact) mass is 387 g/mol. The molecule has 3 aromatic carbocycles. The van der Waals surface area contributed by atoms with E-state index in [1.807, 2.05) is 55.5 Å². The summed E-state index contributed by atoms with van der Waals surface area (Å²) in [7, 11) is 0. The van der Waals surface area contributed by atoms with Gasteiger partial charge in [0.15, 0.2) is 6.61 Å². The number of rotatable bonds is 6. The van der Waals surface area contributed by atoms with Crippen LogP contribution in [0.2, 0.25) is 0 Å². The predicted molar refractivity (Wildman–Crippen MR) is 113 cm³/mol. The van der Waals surface area contributed by atoms with Gasteiger partial charge in [0.25, 0.3) is 11.5 Å². The SMILES string of the molecule is CCN(Cc1nc2ccccc2c(=O)[nH]1)C(=O)COc1ccc2ccccc2c1. The number of nitrogens with one attached hydrogen (secondary N) is 1. The second-order valence-corrected chi connectivity index (χ2v) is 6.74. The molecule has 1 N–H and O–H groups in total. The Bertz CT molecular complexity index is 1230. The minimum Gasteiger partial charge on any atom is -0.484 e. The standard InChI is InChI=1S/C23H21N3O3/c1-2-26(14-21-24-20-10-6-5-9-19(20)23(28)25-21)22(27)15-29-18-12-11-16-7-3-4-8-17(16)13-18/h3-13H,2,14-15H2,1H3,(H,24,25,28). The molecule has 0 aliphatic heterocycles. The molecular weight excluding hydrogens is 366 g/mol. The summed E-state index contributed by atoms with van der Waals surface area (Å²) in [5, 5.41) is 2.71. The second kappa shape index (κ2) is 8.14. The van der Waals surface area contributed by atoms with Crippen molar-refractivity contribution < 1.29 is 9.53 Å². The first-order valence-corrected chi connectivity index (χ1v) is 9.51. The maximum absolute atomic E-state index is 12.6. The average Bonchev–Trinajstić information content (AvgIpc) is 2.75. The van der Waals surface area contributed by atoms with Crippen LogP contribution in [-0.4, -0.2) is 33.9 Å². The van der Waals surface area contributed by atoms with Crippen molar-refractivity contribution in [2.75, 3.05) is 13.2 Å². The van der Waals surface area contributed by atoms with Crippen LogP contribution >= 0.6 is 0 Å². The van der Waals surface area contributed by atoms with Crippen molar-refractivity contribution in [1.29, 1.82) is 0 Å². The summed E-state index contributed by atoms with van der Waals surface area (Å²) in [5.74, 6) is 0.927. The molecule has 4 aromatic rings. The van der Waals surface area contributed by atoms with Crippen molar-refractivity contribution >= 4 is 27.6 Å². The smallest absolute Gasteiger partial charge is 0.260 e. The molecule has 146 valence electrons. The van der Waals surface area contributed by atoms with E-state index in [0.29, 0.717) is 29.0 Å². The fourth-order valence-electron chi connectivity index (χ4n) is 3.26. The van der Waals surface area contributed by atoms with Crippen LogP contribution in [0.1, 0.15) is 12.7 Å². The Hall–Kier alpha value is -3.67. The fourth-order valence-corrected chi connectivity index (χ4v) is 3.26. The number of aromatic nitrogens is 2. The van der Waals surface area contributed by atoms with Crippen LogP contribution < -0.4 is 10.3 Å². The number of hydrogen-bond donors (Lipinski definition) is 1. The number of likely N-dealkylation sites (N-methyl/N-ethyl adjacent to an activating group) is 1. The summed E-state index contributed by atoms with van der Waals surface area (Å²) in [6.07, 6.45) is 0. The lowest BCUT2D eigenvalue weighted by Crippen LogP contribution is -2.35. The van der Waals surface area contributed by atoms with Crippen LogP contribution in [-0.2, 0) is 11.3 Å². The summed E-state index contributed by atoms with van der Waals surface area (Å²) in [5.41, 5.74) is 0.406. The van der Waals surface area contributed by atoms with Gasteiger partial charge < -0.3 is 14.6 Å². The maximum Gasteiger partial charge on any atom is 0.260 e. The molecule has 1 amide bonds. The molecule has 0 spiro atoms. The molecular formula is C23H21N3O3. The summed E-state index contributed by atoms with van der Waals surface area (Å²) < 4.78 is 5.71. The highest BCUT2D eigenvalue weighted by Crippen LogP contribution is 2.20. The van der Waals surface area contributed by atoms with Gasteiger partial charge >= 0.3 is 0 Å². The van der Waals surface area contributed by atoms with E-state index in [0.717, 1.165) is 10.8 Å². The Morgan fingerprint density at radius 2 is 1.79 bits per heavy atom. The van der Waals surface area contributed by atoms with Crippen LogP contribution in [0.4, 0.5) is 0 Å². The zero-order valence-corrected chi connectivity index (χ0v) is 16.1. The third kappa shape index (κ3) is 4.11. The Labute approximate surface area is 167 Å². The van der Waals surface area contributed by atoms with E-state index in [9.17, 15) is 9.59 Å². The summed E-state index contributed by atoms with van der Waals surface area (Å²) in [6.45, 7) is 2.50. The summed E-state index contributed by atoms with van der Waals surface area (Å²) >= 11 is 0. The first kappa shape index (κ1) is 18.7. The summed E-state index contributed by atoms with van der Waals surface area (Å²) in [4.78, 5) is 33.7. The molecule has 0 bridgehead atoms. The first-order valence-electron chi connectivity index (χ1n) is 9.51. The van der Waals surface area contributed by atoms with Gasteiger partial charge in [0.2, 0.25) is 0 Å². The van der Waals surface area contributed by atoms with Crippen LogP contribution in [0, 0.1) is 0 Å². The Morgan fingerprint density at radius 3 is 2.62 bits per heavy atom. The molecule has 6 heteroatoms. The molecule has 0 aliphatic rings. The number of benzene rings is 3. The molecule has 0 saturated heterocycles. The first-order chi connectivity index (χ1) is 14.1. The van der Waals surface area contributed by atoms with Gasteiger partial charge in [0.05, 0.1) is 17.4 Å². The molecule has 1 heterocycles. The van der Waals surface area contributed by atoms with Gasteiger partial charge in [-0.25, -0.2) is 4.98 Å². The van der Waals surface area contributed by atoms with Gasteiger partial charge in [-0.1, -0.05) is 42.5 Å². The minimum absolute atomic E-state index is 0.0794. The minimum atomic E-state index is -0.207. The highest BCUT2D eigenvalue weighted by molar-refractivity contribution is 5.84. The van der Waals surface area contributed by atoms with E-state index in [1.54, 1.807) is 23.1 Å². The van der Waals surface area contributed by atoms with Crippen LogP contribution in [0.15, 0.2) is 71.5 Å². The molecule has 0 fully saturated rings. The van der Waals surface area contributed by atoms with E-state index < -0.39 is 0 Å². The molecule has 0 aliphatic carbocycles. The lowest BCUT2D eigenvalue weighted by molar-refractivity contribution is -0.133. The number of nitrogens with zero attached hydrogens (tertiary/aromatic N) is 2. The Balaban J connectivity index is 1.45. The van der Waals surface area contributed by atoms with E-state index >= 15 is 0 Å². The van der Waals surface area contributed by atoms with Gasteiger partial charge in [-0.3, -0.25) is 9.59 Å². The maximum atomic E-state index is 12.6. The number of H-pyrrole nitrogens is 1. The number of fused-ring (bicyclic) bond motifs is 2. The zero-order chi connectivity index (χ0) is 20.2. The number of carbonyl (C=O) groups is 1. The van der Waals surface area contributed by atoms with E-state index in [1.165, 1.54) is 0 Å². The topological polar surface area (TPSA) is 75.3 Å². The Kier molecular flexibility index (Phi) is 5.24. The van der Waals surface area contributed by atoms with Crippen molar-refractivity contribution in [3.63, 3.8) is 0 Å². The number of carbonyl (C=O) groups excluding carboxylic acids is 1. The van der Waals surface area contributed by atoms with Crippen LogP contribution in [0.5, 0.6) is 5.75 Å². The van der Waals surface area contributed by atoms with Crippen LogP contribution in [0.25, 0.3) is 21.7 Å². The number of ether oxygens (including phenoxy) is 1. The molecule has 0 radical (unpaired) electrons. The lowest BCUT2D eigenvalue weighted by Gasteiger charge is -2.20. The Morgan fingerprint density at radius 1 is 1.03 bits per heavy atom. The lowest BCUT2D eigenvalue weighted by atomic mass is 10.1. The fraction of sp³-hybridized carbons (Fsp3) is 0.174. The molecule has 4 rings (SSSR count). The molecule has 6 nitrogen and oxygen atoms in total. The van der Waals surface area contributed by atoms with E-state index in [-0.39, 0.29) is 24.6 Å². The number of hydrogen-bond acceptors (Lipinski definition) is 4. The van der Waals surface area contributed by atoms with Gasteiger partial charge in [0.1, 0.15) is 11.6 Å². The molecule has 0 atom stereocenters. The normalized spacial score (nSPS) is 10.9. The van der Waals surface area contributed by atoms with Crippen molar-refractivity contribution in [3.8, 4) is 5.75 Å². The highest BCUT2D eigenvalue weighted by Gasteiger charge is 2.15. The van der Waals surface area contributed by atoms with E-state index in [2.05, 4.69) is 9.97 Å². The molecule has 1 aromatic heterocycles. The predicted octanol–water partition coefficient (Wildman–Crippen LogP) is 3.50. The summed E-state index contributed by atoms with van der Waals surface area (Å²) in [6, 6.07) is 20.9. The van der Waals surface area contributed by atoms with Crippen molar-refractivity contribution in [2.45, 2.75) is 13.5 Å². The highest BCUT2D eigenvalue weighted by atomic mass is 16.5. The third-order valence-electron chi connectivity index (χ3n) is 4.82. The second-order valence-electron chi connectivity index (χ2n) is 6.74. The zero-order valence-electron chi connectivity index (χ0n) is 16.1. The number of amides is 1. The van der Waals surface area contributed by atoms with Gasteiger partial charge in [-0.05, 0) is 42.0 Å². The number of para-hydroxylation sites is 1. The van der Waals surface area contributed by atoms with Crippen LogP contribution in [0.3, 0.4) is 0 Å². The quantitative estimate of drug-likeness (QED) is 0.549. The van der Waals surface area contributed by atoms with Crippen molar-refractivity contribution in [1.82, 2.24) is 14.9 Å². The molecule has 29 heavy (non-hydrogen) atoms. The van der Waals surface area contributed by atoms with Crippen molar-refractivity contribution in [3.05, 3.63) is 82.9 Å². The van der Waals surface area contributed by atoms with Gasteiger partial charge in [0, 0.05) is 6.54 Å². The van der Waals surface area contributed by atoms with E-state index in [4.69, 9.17) is 4.74 Å².